The summed E-state index contributed by atoms with van der Waals surface area (Å²) < 4.78 is 11.4. The number of amides is 2. The van der Waals surface area contributed by atoms with Crippen molar-refractivity contribution in [3.8, 4) is 11.8 Å². The van der Waals surface area contributed by atoms with Crippen molar-refractivity contribution in [1.82, 2.24) is 19.6 Å². The molecule has 2 atom stereocenters. The van der Waals surface area contributed by atoms with Gasteiger partial charge < -0.3 is 19.5 Å². The molecule has 0 saturated carbocycles. The van der Waals surface area contributed by atoms with E-state index in [1.807, 2.05) is 37.3 Å². The Morgan fingerprint density at radius 2 is 1.90 bits per heavy atom. The average Bonchev–Trinajstić information content (AvgIpc) is 3.47. The van der Waals surface area contributed by atoms with Crippen molar-refractivity contribution in [3.05, 3.63) is 105 Å². The molecule has 2 amide bonds. The monoisotopic (exact) mass is 540 g/mol. The average molecular weight is 541 g/mol. The van der Waals surface area contributed by atoms with Crippen LogP contribution in [0.5, 0.6) is 5.75 Å². The van der Waals surface area contributed by atoms with Gasteiger partial charge in [-0.05, 0) is 29.3 Å². The molecule has 2 heterocycles. The van der Waals surface area contributed by atoms with Crippen LogP contribution in [0.3, 0.4) is 0 Å². The van der Waals surface area contributed by atoms with E-state index in [1.54, 1.807) is 39.3 Å². The quantitative estimate of drug-likeness (QED) is 0.357. The molecule has 2 unspecified atom stereocenters. The minimum Gasteiger partial charge on any atom is -0.489 e. The van der Waals surface area contributed by atoms with Gasteiger partial charge in [0.25, 0.3) is 17.4 Å². The molecule has 11 heteroatoms. The fourth-order valence-corrected chi connectivity index (χ4v) is 4.66. The summed E-state index contributed by atoms with van der Waals surface area (Å²) in [5, 5.41) is 16.2. The van der Waals surface area contributed by atoms with Gasteiger partial charge in [-0.25, -0.2) is 4.98 Å². The van der Waals surface area contributed by atoms with Crippen molar-refractivity contribution < 1.29 is 18.8 Å². The van der Waals surface area contributed by atoms with Crippen molar-refractivity contribution in [2.45, 2.75) is 18.8 Å². The summed E-state index contributed by atoms with van der Waals surface area (Å²) in [7, 11) is 6.14. The van der Waals surface area contributed by atoms with Crippen LogP contribution < -0.4 is 15.6 Å². The molecule has 1 N–H and O–H groups in total. The number of nitriles is 1. The fraction of sp³-hybridized carbons (Fsp3) is 0.241. The Morgan fingerprint density at radius 3 is 2.50 bits per heavy atom. The Labute approximate surface area is 230 Å². The van der Waals surface area contributed by atoms with Crippen LogP contribution in [0.25, 0.3) is 0 Å². The van der Waals surface area contributed by atoms with Crippen molar-refractivity contribution in [2.75, 3.05) is 26.5 Å². The van der Waals surface area contributed by atoms with Gasteiger partial charge in [-0.1, -0.05) is 42.4 Å². The van der Waals surface area contributed by atoms with Gasteiger partial charge in [-0.2, -0.15) is 5.26 Å². The molecular formula is C29H28N6O5. The van der Waals surface area contributed by atoms with Gasteiger partial charge in [0, 0.05) is 38.5 Å². The summed E-state index contributed by atoms with van der Waals surface area (Å²) in [6.07, 6.45) is 2.55. The van der Waals surface area contributed by atoms with E-state index in [2.05, 4.69) is 21.5 Å². The molecule has 204 valence electrons. The Bertz CT molecular complexity index is 1640. The van der Waals surface area contributed by atoms with Gasteiger partial charge >= 0.3 is 0 Å². The number of anilines is 1. The van der Waals surface area contributed by atoms with Gasteiger partial charge in [0.2, 0.25) is 5.75 Å². The van der Waals surface area contributed by atoms with Crippen LogP contribution in [0.1, 0.15) is 62.1 Å². The van der Waals surface area contributed by atoms with E-state index in [0.717, 1.165) is 5.56 Å². The maximum absolute atomic E-state index is 13.4. The molecule has 4 aromatic rings. The van der Waals surface area contributed by atoms with Gasteiger partial charge in [0.05, 0.1) is 24.9 Å². The Balaban J connectivity index is 1.92. The second-order valence-corrected chi connectivity index (χ2v) is 9.37. The largest absolute Gasteiger partial charge is 0.489 e. The highest BCUT2D eigenvalue weighted by molar-refractivity contribution is 6.04. The predicted molar refractivity (Wildman–Crippen MR) is 146 cm³/mol. The molecule has 11 nitrogen and oxygen atoms in total. The first-order valence-corrected chi connectivity index (χ1v) is 12.3. The van der Waals surface area contributed by atoms with Crippen molar-refractivity contribution >= 4 is 17.5 Å². The summed E-state index contributed by atoms with van der Waals surface area (Å²) in [6.45, 7) is 1.86. The highest BCUT2D eigenvalue weighted by Gasteiger charge is 2.31. The normalized spacial score (nSPS) is 12.2. The van der Waals surface area contributed by atoms with Crippen LogP contribution in [-0.2, 0) is 7.05 Å². The van der Waals surface area contributed by atoms with E-state index >= 15 is 0 Å². The summed E-state index contributed by atoms with van der Waals surface area (Å²) >= 11 is 0. The molecule has 0 bridgehead atoms. The summed E-state index contributed by atoms with van der Waals surface area (Å²) in [5.74, 6) is -1.88. The second-order valence-electron chi connectivity index (χ2n) is 9.37. The molecule has 0 saturated heterocycles. The van der Waals surface area contributed by atoms with E-state index in [0.29, 0.717) is 16.7 Å². The molecule has 0 spiro atoms. The third kappa shape index (κ3) is 5.33. The first-order valence-electron chi connectivity index (χ1n) is 12.3. The highest BCUT2D eigenvalue weighted by atomic mass is 16.5. The third-order valence-corrected chi connectivity index (χ3v) is 6.62. The van der Waals surface area contributed by atoms with Gasteiger partial charge in [0.1, 0.15) is 17.8 Å². The van der Waals surface area contributed by atoms with Gasteiger partial charge in [-0.3, -0.25) is 19.0 Å². The molecule has 4 rings (SSSR count). The van der Waals surface area contributed by atoms with Crippen LogP contribution in [-0.4, -0.2) is 52.6 Å². The smallest absolute Gasteiger partial charge is 0.296 e. The van der Waals surface area contributed by atoms with E-state index in [4.69, 9.17) is 9.26 Å². The number of nitrogens with zero attached hydrogens (tertiary/aromatic N) is 5. The van der Waals surface area contributed by atoms with Crippen LogP contribution in [0.4, 0.5) is 5.69 Å². The zero-order valence-corrected chi connectivity index (χ0v) is 22.7. The minimum absolute atomic E-state index is 0.211. The first-order chi connectivity index (χ1) is 19.2. The number of carbonyl (C=O) groups excluding carboxylic acids is 2. The van der Waals surface area contributed by atoms with Gasteiger partial charge in [0.15, 0.2) is 5.69 Å². The van der Waals surface area contributed by atoms with Crippen molar-refractivity contribution in [1.29, 1.82) is 5.26 Å². The van der Waals surface area contributed by atoms with Crippen LogP contribution in [0, 0.1) is 11.3 Å². The number of hydrogen-bond donors (Lipinski definition) is 1. The van der Waals surface area contributed by atoms with Crippen LogP contribution >= 0.6 is 0 Å². The molecule has 0 aliphatic heterocycles. The van der Waals surface area contributed by atoms with Crippen molar-refractivity contribution in [2.24, 2.45) is 7.05 Å². The van der Waals surface area contributed by atoms with Crippen LogP contribution in [0.15, 0.2) is 70.3 Å². The van der Waals surface area contributed by atoms with E-state index in [1.165, 1.54) is 29.0 Å². The number of methoxy groups -OCH3 is 1. The van der Waals surface area contributed by atoms with E-state index < -0.39 is 23.3 Å². The molecule has 0 fully saturated rings. The number of carbonyl (C=O) groups is 2. The fourth-order valence-electron chi connectivity index (χ4n) is 4.66. The van der Waals surface area contributed by atoms with Crippen LogP contribution in [0.2, 0.25) is 0 Å². The zero-order chi connectivity index (χ0) is 29.0. The topological polar surface area (TPSA) is 143 Å². The maximum Gasteiger partial charge on any atom is 0.296 e. The lowest BCUT2D eigenvalue weighted by molar-refractivity contribution is 0.0827. The Morgan fingerprint density at radius 1 is 1.18 bits per heavy atom. The number of ether oxygens (including phenoxy) is 1. The minimum atomic E-state index is -0.682. The number of aromatic nitrogens is 3. The van der Waals surface area contributed by atoms with E-state index in [9.17, 15) is 19.6 Å². The molecule has 0 aliphatic carbocycles. The highest BCUT2D eigenvalue weighted by Crippen LogP contribution is 2.39. The lowest BCUT2D eigenvalue weighted by Gasteiger charge is -2.28. The third-order valence-electron chi connectivity index (χ3n) is 6.62. The number of rotatable bonds is 8. The summed E-state index contributed by atoms with van der Waals surface area (Å²) in [6, 6.07) is 16.6. The zero-order valence-electron chi connectivity index (χ0n) is 22.7. The molecule has 0 radical (unpaired) electrons. The summed E-state index contributed by atoms with van der Waals surface area (Å²) in [5.41, 5.74) is 1.73. The molecule has 2 aromatic heterocycles. The lowest BCUT2D eigenvalue weighted by atomic mass is 9.78. The molecule has 2 aromatic carbocycles. The Hall–Kier alpha value is -5.24. The van der Waals surface area contributed by atoms with E-state index in [-0.39, 0.29) is 28.9 Å². The first kappa shape index (κ1) is 27.8. The number of nitrogens with one attached hydrogen (secondary N) is 1. The SMILES string of the molecule is COc1c(C(=O)Nc2cnoc2)nc(C(C)C(c2ccccc2)c2cc(C(=O)N(C)C)ccc2C#N)n(C)c1=O. The predicted octanol–water partition coefficient (Wildman–Crippen LogP) is 3.54. The maximum atomic E-state index is 13.4. The summed E-state index contributed by atoms with van der Waals surface area (Å²) in [4.78, 5) is 45.4. The molecule has 40 heavy (non-hydrogen) atoms. The Kier molecular flexibility index (Phi) is 8.09. The second kappa shape index (κ2) is 11.7. The van der Waals surface area contributed by atoms with Gasteiger partial charge in [-0.15, -0.1) is 0 Å². The molecular weight excluding hydrogens is 512 g/mol. The van der Waals surface area contributed by atoms with Crippen molar-refractivity contribution in [3.63, 3.8) is 0 Å². The lowest BCUT2D eigenvalue weighted by Crippen LogP contribution is -2.31. The standard InChI is InChI=1S/C29H28N6O5/c1-17(26-33-24(25(39-5)29(38)35(26)4)27(36)32-21-15-31-40-16-21)23(18-9-7-6-8-10-18)22-13-19(28(37)34(2)3)11-12-20(22)14-30/h6-13,15-17,23H,1-5H3,(H,32,36). The number of benzene rings is 2. The number of hydrogen-bond acceptors (Lipinski definition) is 8. The molecule has 0 aliphatic rings.